The topological polar surface area (TPSA) is 84.0 Å². The molecule has 82 heavy (non-hydrogen) atoms. The van der Waals surface area contributed by atoms with Crippen LogP contribution in [0.5, 0.6) is 11.5 Å². The van der Waals surface area contributed by atoms with Crippen molar-refractivity contribution in [1.82, 2.24) is 24.1 Å². The first-order valence-electron chi connectivity index (χ1n) is 28.8. The van der Waals surface area contributed by atoms with Crippen molar-refractivity contribution in [3.8, 4) is 67.9 Å². The standard InChI is InChI=1S/C74H63N5O3/c1-42(2)55-34-50(47-21-12-10-13-22-47)35-56(43(3)4)69(55)78-65-29-18-16-27-63(65)76-72(78)49-25-20-26-52(33-49)80-53-38-61-60-41-68-59(54-32-31-46(9)75-74(54)82-68)40-67(60)81-71(61)62(39-53)73-77-64-28-17-19-30-66(64)79(73)70-57(44(5)6)36-51(37-58(70)45(7)8)48-23-14-11-15-24-48/h10-45H,1-9H3. The highest BCUT2D eigenvalue weighted by Crippen LogP contribution is 2.47. The number of rotatable bonds is 12. The summed E-state index contributed by atoms with van der Waals surface area (Å²) in [5, 5.41) is 3.65. The van der Waals surface area contributed by atoms with Crippen molar-refractivity contribution in [2.45, 2.75) is 86.0 Å². The van der Waals surface area contributed by atoms with Gasteiger partial charge in [0.15, 0.2) is 0 Å². The SMILES string of the molecule is Cc1ccc2c(n1)oc1cc3c(cc12)oc1c(-c2nc4ccccc4n2-c2c(C(C)C)cc(-c4ccccc4)cc2C(C)C)cc(Oc2cccc(-c4nc5ccccc5n4-c4c(C(C)C)cc(-c5ccccc5)cc4C(C)C)c2)cc13. The molecule has 0 saturated heterocycles. The predicted molar refractivity (Wildman–Crippen MR) is 337 cm³/mol. The first-order valence-corrected chi connectivity index (χ1v) is 28.8. The second-order valence-corrected chi connectivity index (χ2v) is 23.2. The summed E-state index contributed by atoms with van der Waals surface area (Å²) < 4.78 is 25.7. The van der Waals surface area contributed by atoms with Gasteiger partial charge in [0.1, 0.15) is 39.9 Å². The second-order valence-electron chi connectivity index (χ2n) is 23.2. The first kappa shape index (κ1) is 50.7. The maximum atomic E-state index is 7.25. The van der Waals surface area contributed by atoms with Gasteiger partial charge in [-0.2, -0.15) is 0 Å². The third-order valence-electron chi connectivity index (χ3n) is 16.3. The summed E-state index contributed by atoms with van der Waals surface area (Å²) in [4.78, 5) is 15.8. The molecule has 5 aromatic heterocycles. The fourth-order valence-electron chi connectivity index (χ4n) is 12.3. The Morgan fingerprint density at radius 1 is 0.378 bits per heavy atom. The summed E-state index contributed by atoms with van der Waals surface area (Å²) in [6.07, 6.45) is 0. The lowest BCUT2D eigenvalue weighted by atomic mass is 9.88. The van der Waals surface area contributed by atoms with Crippen molar-refractivity contribution in [2.75, 3.05) is 0 Å². The van der Waals surface area contributed by atoms with Crippen LogP contribution in [0.25, 0.3) is 122 Å². The molecule has 0 fully saturated rings. The number of fused-ring (bicyclic) bond motifs is 8. The minimum atomic E-state index is 0.178. The molecule has 0 amide bonds. The summed E-state index contributed by atoms with van der Waals surface area (Å²) in [5.74, 6) is 3.69. The minimum absolute atomic E-state index is 0.178. The lowest BCUT2D eigenvalue weighted by Gasteiger charge is -2.24. The van der Waals surface area contributed by atoms with Gasteiger partial charge in [-0.1, -0.05) is 152 Å². The summed E-state index contributed by atoms with van der Waals surface area (Å²) >= 11 is 0. The number of ether oxygens (including phenoxy) is 1. The van der Waals surface area contributed by atoms with Gasteiger partial charge in [-0.25, -0.2) is 15.0 Å². The molecule has 0 aliphatic carbocycles. The van der Waals surface area contributed by atoms with Gasteiger partial charge in [-0.3, -0.25) is 9.13 Å². The molecule has 0 radical (unpaired) electrons. The van der Waals surface area contributed by atoms with E-state index in [1.54, 1.807) is 0 Å². The molecular formula is C74H63N5O3. The van der Waals surface area contributed by atoms with E-state index in [-0.39, 0.29) is 23.7 Å². The van der Waals surface area contributed by atoms with Gasteiger partial charge >= 0.3 is 0 Å². The molecule has 8 nitrogen and oxygen atoms in total. The van der Waals surface area contributed by atoms with E-state index in [4.69, 9.17) is 28.5 Å². The van der Waals surface area contributed by atoms with Gasteiger partial charge < -0.3 is 13.6 Å². The minimum Gasteiger partial charge on any atom is -0.457 e. The molecule has 8 heteroatoms. The number of aryl methyl sites for hydroxylation is 1. The molecule has 5 heterocycles. The third-order valence-corrected chi connectivity index (χ3v) is 16.3. The number of hydrogen-bond donors (Lipinski definition) is 0. The molecular weight excluding hydrogens is 1010 g/mol. The van der Waals surface area contributed by atoms with Gasteiger partial charge in [-0.05, 0) is 172 Å². The molecule has 0 bridgehead atoms. The number of hydrogen-bond acceptors (Lipinski definition) is 6. The van der Waals surface area contributed by atoms with E-state index in [0.717, 1.165) is 88.9 Å². The smallest absolute Gasteiger partial charge is 0.227 e. The first-order chi connectivity index (χ1) is 39.8. The molecule has 9 aromatic carbocycles. The van der Waals surface area contributed by atoms with E-state index in [1.807, 2.05) is 19.1 Å². The summed E-state index contributed by atoms with van der Waals surface area (Å²) in [6, 6.07) is 68.7. The fraction of sp³-hybridized carbons (Fsp3) is 0.176. The highest BCUT2D eigenvalue weighted by Gasteiger charge is 2.29. The molecule has 0 spiro atoms. The Morgan fingerprint density at radius 3 is 1.43 bits per heavy atom. The monoisotopic (exact) mass is 1070 g/mol. The lowest BCUT2D eigenvalue weighted by Crippen LogP contribution is -2.09. The van der Waals surface area contributed by atoms with Gasteiger partial charge in [0.25, 0.3) is 0 Å². The average molecular weight is 1070 g/mol. The Kier molecular flexibility index (Phi) is 12.3. The fourth-order valence-corrected chi connectivity index (χ4v) is 12.3. The predicted octanol–water partition coefficient (Wildman–Crippen LogP) is 20.8. The van der Waals surface area contributed by atoms with E-state index in [0.29, 0.717) is 22.8 Å². The van der Waals surface area contributed by atoms with Crippen LogP contribution in [-0.2, 0) is 0 Å². The molecule has 0 saturated carbocycles. The zero-order chi connectivity index (χ0) is 56.1. The van der Waals surface area contributed by atoms with Crippen molar-refractivity contribution < 1.29 is 13.6 Å². The Labute approximate surface area is 477 Å². The molecule has 0 unspecified atom stereocenters. The molecule has 14 aromatic rings. The van der Waals surface area contributed by atoms with Crippen LogP contribution in [0.2, 0.25) is 0 Å². The number of imidazole rings is 2. The van der Waals surface area contributed by atoms with Crippen molar-refractivity contribution in [1.29, 1.82) is 0 Å². The van der Waals surface area contributed by atoms with Crippen LogP contribution in [0.4, 0.5) is 0 Å². The van der Waals surface area contributed by atoms with E-state index in [1.165, 1.54) is 50.2 Å². The quantitative estimate of drug-likeness (QED) is 0.121. The zero-order valence-corrected chi connectivity index (χ0v) is 47.7. The van der Waals surface area contributed by atoms with E-state index in [9.17, 15) is 0 Å². The Hall–Kier alpha value is -9.53. The average Bonchev–Trinajstić information content (AvgIpc) is 2.77. The number of benzene rings is 9. The summed E-state index contributed by atoms with van der Waals surface area (Å²) in [6.45, 7) is 20.3. The Balaban J connectivity index is 0.986. The maximum absolute atomic E-state index is 7.25. The molecule has 0 aliphatic heterocycles. The van der Waals surface area contributed by atoms with Crippen molar-refractivity contribution >= 4 is 66.1 Å². The van der Waals surface area contributed by atoms with E-state index < -0.39 is 0 Å². The number of aromatic nitrogens is 5. The lowest BCUT2D eigenvalue weighted by molar-refractivity contribution is 0.483. The normalized spacial score (nSPS) is 12.2. The largest absolute Gasteiger partial charge is 0.457 e. The van der Waals surface area contributed by atoms with E-state index in [2.05, 4.69) is 247 Å². The van der Waals surface area contributed by atoms with Gasteiger partial charge in [0, 0.05) is 32.8 Å². The Morgan fingerprint density at radius 2 is 0.866 bits per heavy atom. The van der Waals surface area contributed by atoms with Crippen LogP contribution < -0.4 is 4.74 Å². The zero-order valence-electron chi connectivity index (χ0n) is 47.7. The second kappa shape index (κ2) is 19.9. The van der Waals surface area contributed by atoms with Crippen LogP contribution in [0.1, 0.15) is 107 Å². The van der Waals surface area contributed by atoms with Crippen LogP contribution in [0.3, 0.4) is 0 Å². The van der Waals surface area contributed by atoms with Crippen LogP contribution in [0.15, 0.2) is 203 Å². The molecule has 14 rings (SSSR count). The third kappa shape index (κ3) is 8.55. The number of para-hydroxylation sites is 4. The van der Waals surface area contributed by atoms with Crippen LogP contribution in [-0.4, -0.2) is 24.1 Å². The molecule has 0 aliphatic rings. The number of nitrogens with zero attached hydrogens (tertiary/aromatic N) is 5. The Bertz CT molecular complexity index is 4740. The van der Waals surface area contributed by atoms with Crippen LogP contribution >= 0.6 is 0 Å². The van der Waals surface area contributed by atoms with Crippen molar-refractivity contribution in [2.24, 2.45) is 0 Å². The summed E-state index contributed by atoms with van der Waals surface area (Å²) in [7, 11) is 0. The van der Waals surface area contributed by atoms with Crippen molar-refractivity contribution in [3.63, 3.8) is 0 Å². The maximum Gasteiger partial charge on any atom is 0.227 e. The highest BCUT2D eigenvalue weighted by atomic mass is 16.5. The van der Waals surface area contributed by atoms with E-state index >= 15 is 0 Å². The molecule has 0 N–H and O–H groups in total. The van der Waals surface area contributed by atoms with Gasteiger partial charge in [0.05, 0.1) is 39.0 Å². The summed E-state index contributed by atoms with van der Waals surface area (Å²) in [5.41, 5.74) is 21.3. The molecule has 402 valence electrons. The number of furan rings is 2. The highest BCUT2D eigenvalue weighted by molar-refractivity contribution is 6.16. The van der Waals surface area contributed by atoms with Crippen LogP contribution in [0, 0.1) is 6.92 Å². The van der Waals surface area contributed by atoms with Crippen molar-refractivity contribution in [3.05, 3.63) is 222 Å². The molecule has 0 atom stereocenters. The number of pyridine rings is 1. The van der Waals surface area contributed by atoms with Gasteiger partial charge in [-0.15, -0.1) is 0 Å². The van der Waals surface area contributed by atoms with Gasteiger partial charge in [0.2, 0.25) is 5.71 Å².